The molecule has 1 saturated heterocycles. The maximum Gasteiger partial charge on any atom is 0.248 e. The van der Waals surface area contributed by atoms with Crippen LogP contribution in [0.4, 0.5) is 0 Å². The molecule has 2 aliphatic heterocycles. The molecule has 3 aliphatic rings. The predicted molar refractivity (Wildman–Crippen MR) is 98.3 cm³/mol. The third kappa shape index (κ3) is 4.24. The smallest absolute Gasteiger partial charge is 0.248 e. The van der Waals surface area contributed by atoms with Crippen LogP contribution in [-0.2, 0) is 9.59 Å². The first-order valence-electron chi connectivity index (χ1n) is 9.65. The van der Waals surface area contributed by atoms with Crippen molar-refractivity contribution in [2.75, 3.05) is 33.2 Å². The van der Waals surface area contributed by atoms with Crippen molar-refractivity contribution in [1.29, 1.82) is 0 Å². The fourth-order valence-electron chi connectivity index (χ4n) is 3.99. The van der Waals surface area contributed by atoms with Crippen LogP contribution in [0.5, 0.6) is 0 Å². The first-order chi connectivity index (χ1) is 12.5. The monoisotopic (exact) mass is 359 g/mol. The van der Waals surface area contributed by atoms with E-state index >= 15 is 0 Å². The molecule has 7 heteroatoms. The molecule has 2 fully saturated rings. The average molecular weight is 359 g/mol. The van der Waals surface area contributed by atoms with Crippen LogP contribution in [0, 0.1) is 12.3 Å². The van der Waals surface area contributed by atoms with Crippen LogP contribution in [0.25, 0.3) is 0 Å². The van der Waals surface area contributed by atoms with Gasteiger partial charge in [0, 0.05) is 51.9 Å². The first-order valence-corrected chi connectivity index (χ1v) is 9.65. The second kappa shape index (κ2) is 7.75. The summed E-state index contributed by atoms with van der Waals surface area (Å²) in [6.07, 6.45) is 10.9. The number of nitrogens with one attached hydrogen (secondary N) is 1. The molecule has 26 heavy (non-hydrogen) atoms. The molecular formula is C19H29N5O2. The molecule has 3 rings (SSSR count). The molecule has 0 bridgehead atoms. The fraction of sp³-hybridized carbons (Fsp3) is 0.789. The van der Waals surface area contributed by atoms with E-state index in [4.69, 9.17) is 6.42 Å². The van der Waals surface area contributed by atoms with Gasteiger partial charge in [-0.05, 0) is 19.9 Å². The van der Waals surface area contributed by atoms with Gasteiger partial charge < -0.3 is 15.1 Å². The third-order valence-corrected chi connectivity index (χ3v) is 5.84. The lowest BCUT2D eigenvalue weighted by Crippen LogP contribution is -2.61. The second-order valence-electron chi connectivity index (χ2n) is 7.82. The normalized spacial score (nSPS) is 23.5. The molecule has 7 nitrogen and oxygen atoms in total. The summed E-state index contributed by atoms with van der Waals surface area (Å²) in [6.45, 7) is 3.24. The van der Waals surface area contributed by atoms with E-state index in [9.17, 15) is 9.59 Å². The van der Waals surface area contributed by atoms with Gasteiger partial charge in [-0.1, -0.05) is 12.8 Å². The number of hydrogen-bond acceptors (Lipinski definition) is 5. The average Bonchev–Trinajstić information content (AvgIpc) is 3.27. The molecule has 2 heterocycles. The molecule has 0 unspecified atom stereocenters. The Morgan fingerprint density at radius 3 is 2.35 bits per heavy atom. The van der Waals surface area contributed by atoms with E-state index in [1.807, 2.05) is 4.90 Å². The quantitative estimate of drug-likeness (QED) is 0.701. The Morgan fingerprint density at radius 1 is 1.12 bits per heavy atom. The van der Waals surface area contributed by atoms with Crippen molar-refractivity contribution in [3.8, 4) is 12.3 Å². The highest BCUT2D eigenvalue weighted by Gasteiger charge is 2.46. The zero-order chi connectivity index (χ0) is 18.6. The molecule has 1 N–H and O–H groups in total. The van der Waals surface area contributed by atoms with Gasteiger partial charge in [-0.25, -0.2) is 0 Å². The highest BCUT2D eigenvalue weighted by atomic mass is 16.2. The Balaban J connectivity index is 1.55. The maximum absolute atomic E-state index is 13.2. The lowest BCUT2D eigenvalue weighted by molar-refractivity contribution is -0.143. The molecular weight excluding hydrogens is 330 g/mol. The molecule has 1 aliphatic carbocycles. The van der Waals surface area contributed by atoms with Crippen molar-refractivity contribution in [3.63, 3.8) is 0 Å². The van der Waals surface area contributed by atoms with Crippen LogP contribution < -0.4 is 5.32 Å². The summed E-state index contributed by atoms with van der Waals surface area (Å²) in [5.41, 5.74) is -1.16. The minimum absolute atomic E-state index is 0.0771. The van der Waals surface area contributed by atoms with Gasteiger partial charge in [-0.3, -0.25) is 9.59 Å². The van der Waals surface area contributed by atoms with Crippen LogP contribution in [0.2, 0.25) is 0 Å². The highest BCUT2D eigenvalue weighted by Crippen LogP contribution is 2.38. The number of carbonyl (C=O) groups excluding carboxylic acids is 2. The van der Waals surface area contributed by atoms with E-state index < -0.39 is 11.2 Å². The summed E-state index contributed by atoms with van der Waals surface area (Å²) >= 11 is 0. The molecule has 0 aromatic heterocycles. The number of amides is 2. The summed E-state index contributed by atoms with van der Waals surface area (Å²) in [5.74, 6) is 2.62. The van der Waals surface area contributed by atoms with Crippen molar-refractivity contribution in [2.24, 2.45) is 10.2 Å². The number of hydrogen-bond donors (Lipinski definition) is 1. The zero-order valence-corrected chi connectivity index (χ0v) is 15.7. The number of carbonyl (C=O) groups is 2. The van der Waals surface area contributed by atoms with Crippen LogP contribution in [0.15, 0.2) is 10.2 Å². The van der Waals surface area contributed by atoms with Crippen molar-refractivity contribution in [2.45, 2.75) is 62.6 Å². The van der Waals surface area contributed by atoms with Gasteiger partial charge in [0.05, 0.1) is 0 Å². The third-order valence-electron chi connectivity index (χ3n) is 5.84. The molecule has 0 radical (unpaired) electrons. The standard InChI is InChI=1S/C19H29N5O2/c1-3-4-10-19(21-22-19)11-7-16(25)20-18(8-5-6-9-18)17(26)24-14-12-23(2)13-15-24/h1H,4-15H2,2H3,(H,20,25). The fourth-order valence-corrected chi connectivity index (χ4v) is 3.99. The van der Waals surface area contributed by atoms with Crippen molar-refractivity contribution < 1.29 is 9.59 Å². The van der Waals surface area contributed by atoms with Gasteiger partial charge in [-0.15, -0.1) is 12.3 Å². The van der Waals surface area contributed by atoms with E-state index in [2.05, 4.69) is 33.4 Å². The number of rotatable bonds is 7. The molecule has 0 aromatic carbocycles. The minimum Gasteiger partial charge on any atom is -0.342 e. The summed E-state index contributed by atoms with van der Waals surface area (Å²) in [7, 11) is 2.07. The van der Waals surface area contributed by atoms with E-state index in [0.29, 0.717) is 25.7 Å². The van der Waals surface area contributed by atoms with Crippen LogP contribution >= 0.6 is 0 Å². The molecule has 0 atom stereocenters. The largest absolute Gasteiger partial charge is 0.342 e. The molecule has 0 spiro atoms. The van der Waals surface area contributed by atoms with Crippen LogP contribution in [0.3, 0.4) is 0 Å². The second-order valence-corrected chi connectivity index (χ2v) is 7.82. The molecule has 2 amide bonds. The topological polar surface area (TPSA) is 77.4 Å². The number of likely N-dealkylation sites (N-methyl/N-ethyl adjacent to an activating group) is 1. The Morgan fingerprint density at radius 2 is 1.77 bits per heavy atom. The van der Waals surface area contributed by atoms with E-state index in [0.717, 1.165) is 51.9 Å². The Hall–Kier alpha value is -1.94. The summed E-state index contributed by atoms with van der Waals surface area (Å²) in [4.78, 5) is 29.9. The number of terminal acetylenes is 1. The lowest BCUT2D eigenvalue weighted by atomic mass is 9.94. The zero-order valence-electron chi connectivity index (χ0n) is 15.7. The van der Waals surface area contributed by atoms with Crippen LogP contribution in [-0.4, -0.2) is 66.0 Å². The van der Waals surface area contributed by atoms with Gasteiger partial charge in [0.25, 0.3) is 0 Å². The first kappa shape index (κ1) is 18.8. The van der Waals surface area contributed by atoms with E-state index in [1.165, 1.54) is 0 Å². The SMILES string of the molecule is C#CCCC1(CCC(=O)NC2(C(=O)N3CCN(C)CC3)CCCC2)N=N1. The number of nitrogens with zero attached hydrogens (tertiary/aromatic N) is 4. The van der Waals surface area contributed by atoms with E-state index in [-0.39, 0.29) is 11.8 Å². The summed E-state index contributed by atoms with van der Waals surface area (Å²) in [6, 6.07) is 0. The molecule has 1 saturated carbocycles. The van der Waals surface area contributed by atoms with Crippen molar-refractivity contribution >= 4 is 11.8 Å². The van der Waals surface area contributed by atoms with E-state index in [1.54, 1.807) is 0 Å². The van der Waals surface area contributed by atoms with Gasteiger partial charge in [0.15, 0.2) is 5.66 Å². The van der Waals surface area contributed by atoms with Gasteiger partial charge in [0.1, 0.15) is 5.54 Å². The highest BCUT2D eigenvalue weighted by molar-refractivity contribution is 5.92. The number of piperazine rings is 1. The molecule has 142 valence electrons. The minimum atomic E-state index is -0.711. The van der Waals surface area contributed by atoms with Gasteiger partial charge in [-0.2, -0.15) is 10.2 Å². The summed E-state index contributed by atoms with van der Waals surface area (Å²) in [5, 5.41) is 11.2. The maximum atomic E-state index is 13.2. The lowest BCUT2D eigenvalue weighted by Gasteiger charge is -2.39. The van der Waals surface area contributed by atoms with Crippen molar-refractivity contribution in [3.05, 3.63) is 0 Å². The van der Waals surface area contributed by atoms with Crippen molar-refractivity contribution in [1.82, 2.24) is 15.1 Å². The Kier molecular flexibility index (Phi) is 5.61. The van der Waals surface area contributed by atoms with Crippen LogP contribution in [0.1, 0.15) is 51.4 Å². The van der Waals surface area contributed by atoms with Gasteiger partial charge in [0.2, 0.25) is 11.8 Å². The Bertz CT molecular complexity index is 604. The summed E-state index contributed by atoms with van der Waals surface area (Å²) < 4.78 is 0. The predicted octanol–water partition coefficient (Wildman–Crippen LogP) is 1.55. The Labute approximate surface area is 155 Å². The van der Waals surface area contributed by atoms with Gasteiger partial charge >= 0.3 is 0 Å². The molecule has 0 aromatic rings.